The minimum Gasteiger partial charge on any atom is -0.444 e. The summed E-state index contributed by atoms with van der Waals surface area (Å²) in [4.78, 5) is 9.29. The van der Waals surface area contributed by atoms with Crippen molar-refractivity contribution >= 4 is 5.96 Å². The molecule has 0 bridgehead atoms. The summed E-state index contributed by atoms with van der Waals surface area (Å²) in [5.41, 5.74) is 1.76. The van der Waals surface area contributed by atoms with E-state index in [1.54, 1.807) is 6.26 Å². The van der Waals surface area contributed by atoms with Crippen LogP contribution in [0.25, 0.3) is 11.5 Å². The van der Waals surface area contributed by atoms with Gasteiger partial charge in [-0.15, -0.1) is 10.2 Å². The van der Waals surface area contributed by atoms with Gasteiger partial charge in [0, 0.05) is 18.7 Å². The molecule has 0 spiro atoms. The molecular formula is C21H27N7O. The number of aryl methyl sites for hydroxylation is 1. The van der Waals surface area contributed by atoms with Gasteiger partial charge in [0.2, 0.25) is 5.89 Å². The Morgan fingerprint density at radius 1 is 1.21 bits per heavy atom. The minimum absolute atomic E-state index is 0.441. The lowest BCUT2D eigenvalue weighted by molar-refractivity contribution is 0.572. The first-order valence-electron chi connectivity index (χ1n) is 10.1. The fourth-order valence-electron chi connectivity index (χ4n) is 3.44. The van der Waals surface area contributed by atoms with Gasteiger partial charge in [-0.3, -0.25) is 0 Å². The Hall–Kier alpha value is -3.16. The molecule has 0 amide bonds. The number of guanidine groups is 1. The lowest BCUT2D eigenvalue weighted by Gasteiger charge is -2.17. The van der Waals surface area contributed by atoms with Gasteiger partial charge in [-0.2, -0.15) is 0 Å². The van der Waals surface area contributed by atoms with E-state index >= 15 is 0 Å². The fourth-order valence-corrected chi connectivity index (χ4v) is 3.44. The van der Waals surface area contributed by atoms with E-state index in [0.29, 0.717) is 25.0 Å². The topological polar surface area (TPSA) is 93.2 Å². The van der Waals surface area contributed by atoms with Crippen LogP contribution in [0, 0.1) is 6.92 Å². The van der Waals surface area contributed by atoms with E-state index in [4.69, 9.17) is 9.41 Å². The number of hydrogen-bond acceptors (Lipinski definition) is 5. The summed E-state index contributed by atoms with van der Waals surface area (Å²) in [5, 5.41) is 15.3. The number of hydrogen-bond donors (Lipinski definition) is 2. The highest BCUT2D eigenvalue weighted by atomic mass is 16.3. The number of aromatic nitrogens is 4. The van der Waals surface area contributed by atoms with E-state index < -0.39 is 0 Å². The van der Waals surface area contributed by atoms with Crippen molar-refractivity contribution in [1.29, 1.82) is 0 Å². The summed E-state index contributed by atoms with van der Waals surface area (Å²) in [6, 6.07) is 10.3. The fraction of sp³-hybridized carbons (Fsp3) is 0.429. The van der Waals surface area contributed by atoms with Gasteiger partial charge in [0.05, 0.1) is 13.1 Å². The predicted molar refractivity (Wildman–Crippen MR) is 111 cm³/mol. The Morgan fingerprint density at radius 3 is 2.72 bits per heavy atom. The molecule has 152 valence electrons. The molecule has 3 aromatic rings. The summed E-state index contributed by atoms with van der Waals surface area (Å²) < 4.78 is 7.60. The molecular weight excluding hydrogens is 366 g/mol. The first-order chi connectivity index (χ1) is 14.2. The van der Waals surface area contributed by atoms with Gasteiger partial charge in [-0.05, 0) is 31.9 Å². The molecule has 0 aliphatic heterocycles. The van der Waals surface area contributed by atoms with E-state index in [2.05, 4.69) is 25.8 Å². The van der Waals surface area contributed by atoms with Gasteiger partial charge in [-0.1, -0.05) is 31.0 Å². The highest BCUT2D eigenvalue weighted by molar-refractivity contribution is 5.80. The van der Waals surface area contributed by atoms with E-state index in [0.717, 1.165) is 28.9 Å². The second kappa shape index (κ2) is 8.89. The quantitative estimate of drug-likeness (QED) is 0.494. The molecule has 0 atom stereocenters. The molecule has 2 heterocycles. The highest BCUT2D eigenvalue weighted by Crippen LogP contribution is 2.19. The Bertz CT molecular complexity index is 955. The van der Waals surface area contributed by atoms with Gasteiger partial charge in [-0.25, -0.2) is 9.98 Å². The van der Waals surface area contributed by atoms with Crippen LogP contribution in [0.3, 0.4) is 0 Å². The first kappa shape index (κ1) is 19.2. The molecule has 0 radical (unpaired) electrons. The van der Waals surface area contributed by atoms with Crippen LogP contribution < -0.4 is 10.6 Å². The molecule has 1 aliphatic rings. The monoisotopic (exact) mass is 393 g/mol. The van der Waals surface area contributed by atoms with Crippen molar-refractivity contribution in [2.45, 2.75) is 51.7 Å². The lowest BCUT2D eigenvalue weighted by Crippen LogP contribution is -2.42. The average molecular weight is 393 g/mol. The maximum absolute atomic E-state index is 5.62. The standard InChI is InChI=1S/C21H27N7O/c1-15-26-27-19(28(15)2)13-23-21(25-17-10-6-7-11-17)22-12-18-14-29-20(24-18)16-8-4-3-5-9-16/h3-5,8-9,14,17H,6-7,10-13H2,1-2H3,(H2,22,23,25). The molecule has 1 aliphatic carbocycles. The number of nitrogens with zero attached hydrogens (tertiary/aromatic N) is 5. The van der Waals surface area contributed by atoms with Crippen LogP contribution in [0.4, 0.5) is 0 Å². The van der Waals surface area contributed by atoms with E-state index in [-0.39, 0.29) is 0 Å². The summed E-state index contributed by atoms with van der Waals surface area (Å²) in [6.45, 7) is 2.94. The molecule has 0 saturated heterocycles. The lowest BCUT2D eigenvalue weighted by atomic mass is 10.2. The van der Waals surface area contributed by atoms with Crippen molar-refractivity contribution in [1.82, 2.24) is 30.4 Å². The van der Waals surface area contributed by atoms with E-state index in [9.17, 15) is 0 Å². The molecule has 8 heteroatoms. The van der Waals surface area contributed by atoms with Crippen molar-refractivity contribution in [2.24, 2.45) is 12.0 Å². The molecule has 1 aromatic carbocycles. The third-order valence-corrected chi connectivity index (χ3v) is 5.26. The van der Waals surface area contributed by atoms with Crippen molar-refractivity contribution in [3.8, 4) is 11.5 Å². The molecule has 4 rings (SSSR count). The summed E-state index contributed by atoms with van der Waals surface area (Å²) in [7, 11) is 1.97. The van der Waals surface area contributed by atoms with Crippen LogP contribution in [-0.4, -0.2) is 31.7 Å². The van der Waals surface area contributed by atoms with Gasteiger partial charge in [0.1, 0.15) is 17.8 Å². The molecule has 1 fully saturated rings. The van der Waals surface area contributed by atoms with Crippen LogP contribution in [0.1, 0.15) is 43.0 Å². The summed E-state index contributed by atoms with van der Waals surface area (Å²) in [5.74, 6) is 3.14. The number of rotatable bonds is 6. The summed E-state index contributed by atoms with van der Waals surface area (Å²) >= 11 is 0. The summed E-state index contributed by atoms with van der Waals surface area (Å²) in [6.07, 6.45) is 6.54. The zero-order valence-corrected chi connectivity index (χ0v) is 16.9. The second-order valence-corrected chi connectivity index (χ2v) is 7.38. The number of oxazole rings is 1. The zero-order valence-electron chi connectivity index (χ0n) is 16.9. The van der Waals surface area contributed by atoms with Crippen molar-refractivity contribution in [2.75, 3.05) is 0 Å². The van der Waals surface area contributed by atoms with Crippen LogP contribution >= 0.6 is 0 Å². The normalized spacial score (nSPS) is 15.0. The largest absolute Gasteiger partial charge is 0.444 e. The molecule has 29 heavy (non-hydrogen) atoms. The molecule has 8 nitrogen and oxygen atoms in total. The average Bonchev–Trinajstić information content (AvgIpc) is 3.49. The SMILES string of the molecule is Cc1nnc(CNC(=NCc2coc(-c3ccccc3)n2)NC2CCCC2)n1C. The van der Waals surface area contributed by atoms with E-state index in [1.807, 2.05) is 48.9 Å². The first-order valence-corrected chi connectivity index (χ1v) is 10.1. The molecule has 1 saturated carbocycles. The van der Waals surface area contributed by atoms with Crippen LogP contribution in [-0.2, 0) is 20.1 Å². The maximum Gasteiger partial charge on any atom is 0.226 e. The maximum atomic E-state index is 5.62. The highest BCUT2D eigenvalue weighted by Gasteiger charge is 2.17. The zero-order chi connectivity index (χ0) is 20.1. The van der Waals surface area contributed by atoms with Gasteiger partial charge in [0.15, 0.2) is 11.8 Å². The van der Waals surface area contributed by atoms with Crippen LogP contribution in [0.2, 0.25) is 0 Å². The van der Waals surface area contributed by atoms with Crippen molar-refractivity contribution in [3.05, 3.63) is 53.9 Å². The van der Waals surface area contributed by atoms with Gasteiger partial charge >= 0.3 is 0 Å². The Morgan fingerprint density at radius 2 is 2.00 bits per heavy atom. The van der Waals surface area contributed by atoms with Crippen LogP contribution in [0.5, 0.6) is 0 Å². The number of benzene rings is 1. The Labute approximate surface area is 170 Å². The van der Waals surface area contributed by atoms with Gasteiger partial charge in [0.25, 0.3) is 0 Å². The third-order valence-electron chi connectivity index (χ3n) is 5.26. The number of nitrogens with one attached hydrogen (secondary N) is 2. The Balaban J connectivity index is 1.44. The van der Waals surface area contributed by atoms with Crippen LogP contribution in [0.15, 0.2) is 46.0 Å². The van der Waals surface area contributed by atoms with Gasteiger partial charge < -0.3 is 19.6 Å². The molecule has 0 unspecified atom stereocenters. The predicted octanol–water partition coefficient (Wildman–Crippen LogP) is 2.96. The Kier molecular flexibility index (Phi) is 5.88. The van der Waals surface area contributed by atoms with E-state index in [1.165, 1.54) is 25.7 Å². The smallest absolute Gasteiger partial charge is 0.226 e. The minimum atomic E-state index is 0.441. The second-order valence-electron chi connectivity index (χ2n) is 7.38. The van der Waals surface area contributed by atoms with Crippen molar-refractivity contribution in [3.63, 3.8) is 0 Å². The van der Waals surface area contributed by atoms with Crippen molar-refractivity contribution < 1.29 is 4.42 Å². The number of aliphatic imine (C=N–C) groups is 1. The third kappa shape index (κ3) is 4.82. The molecule has 2 N–H and O–H groups in total. The molecule has 2 aromatic heterocycles.